The highest BCUT2D eigenvalue weighted by molar-refractivity contribution is 9.10. The normalized spacial score (nSPS) is 10.6. The van der Waals surface area contributed by atoms with Crippen LogP contribution in [0.2, 0.25) is 0 Å². The molecule has 0 amide bonds. The van der Waals surface area contributed by atoms with E-state index < -0.39 is 0 Å². The highest BCUT2D eigenvalue weighted by Gasteiger charge is 2.04. The van der Waals surface area contributed by atoms with Gasteiger partial charge in [-0.2, -0.15) is 0 Å². The van der Waals surface area contributed by atoms with Crippen molar-refractivity contribution in [3.8, 4) is 0 Å². The standard InChI is InChI=1S/C17H22BrN3/c1-3-8-19-12-16-11-17(7-9-20-16)21(2)13-14-5-4-6-15(18)10-14/h4-7,9-11,19H,3,8,12-13H2,1-2H3. The Hall–Kier alpha value is -1.39. The van der Waals surface area contributed by atoms with Gasteiger partial charge in [-0.05, 0) is 42.8 Å². The zero-order valence-corrected chi connectivity index (χ0v) is 14.2. The maximum Gasteiger partial charge on any atom is 0.0562 e. The van der Waals surface area contributed by atoms with Crippen LogP contribution in [0.15, 0.2) is 47.1 Å². The van der Waals surface area contributed by atoms with Crippen molar-refractivity contribution in [2.75, 3.05) is 18.5 Å². The van der Waals surface area contributed by atoms with Gasteiger partial charge in [-0.1, -0.05) is 35.0 Å². The van der Waals surface area contributed by atoms with E-state index in [0.29, 0.717) is 0 Å². The van der Waals surface area contributed by atoms with Crippen molar-refractivity contribution in [1.82, 2.24) is 10.3 Å². The van der Waals surface area contributed by atoms with E-state index in [9.17, 15) is 0 Å². The Morgan fingerprint density at radius 2 is 2.10 bits per heavy atom. The van der Waals surface area contributed by atoms with Crippen LogP contribution in [-0.2, 0) is 13.1 Å². The molecule has 1 N–H and O–H groups in total. The number of pyridine rings is 1. The fraction of sp³-hybridized carbons (Fsp3) is 0.353. The van der Waals surface area contributed by atoms with Crippen LogP contribution in [0.1, 0.15) is 24.6 Å². The van der Waals surface area contributed by atoms with Crippen LogP contribution >= 0.6 is 15.9 Å². The summed E-state index contributed by atoms with van der Waals surface area (Å²) >= 11 is 3.52. The number of halogens is 1. The lowest BCUT2D eigenvalue weighted by molar-refractivity contribution is 0.664. The topological polar surface area (TPSA) is 28.2 Å². The third kappa shape index (κ3) is 5.14. The Morgan fingerprint density at radius 3 is 2.86 bits per heavy atom. The number of hydrogen-bond donors (Lipinski definition) is 1. The quantitative estimate of drug-likeness (QED) is 0.767. The fourth-order valence-corrected chi connectivity index (χ4v) is 2.64. The van der Waals surface area contributed by atoms with Crippen LogP contribution in [0, 0.1) is 0 Å². The maximum absolute atomic E-state index is 4.42. The average Bonchev–Trinajstić information content (AvgIpc) is 2.48. The molecule has 112 valence electrons. The van der Waals surface area contributed by atoms with Gasteiger partial charge in [-0.25, -0.2) is 0 Å². The Balaban J connectivity index is 2.01. The number of hydrogen-bond acceptors (Lipinski definition) is 3. The number of nitrogens with zero attached hydrogens (tertiary/aromatic N) is 2. The van der Waals surface area contributed by atoms with E-state index in [1.807, 2.05) is 12.3 Å². The van der Waals surface area contributed by atoms with Crippen LogP contribution in [0.4, 0.5) is 5.69 Å². The number of nitrogens with one attached hydrogen (secondary N) is 1. The Labute approximate surface area is 135 Å². The summed E-state index contributed by atoms with van der Waals surface area (Å²) in [6, 6.07) is 12.6. The van der Waals surface area contributed by atoms with Crippen molar-refractivity contribution in [2.45, 2.75) is 26.4 Å². The van der Waals surface area contributed by atoms with Crippen LogP contribution in [0.5, 0.6) is 0 Å². The molecular weight excluding hydrogens is 326 g/mol. The molecule has 1 aromatic carbocycles. The molecule has 0 radical (unpaired) electrons. The molecule has 21 heavy (non-hydrogen) atoms. The van der Waals surface area contributed by atoms with Crippen molar-refractivity contribution in [3.63, 3.8) is 0 Å². The van der Waals surface area contributed by atoms with Gasteiger partial charge in [0.1, 0.15) is 0 Å². The molecule has 0 aliphatic carbocycles. The maximum atomic E-state index is 4.42. The Morgan fingerprint density at radius 1 is 1.24 bits per heavy atom. The van der Waals surface area contributed by atoms with Gasteiger partial charge in [0.25, 0.3) is 0 Å². The minimum atomic E-state index is 0.826. The van der Waals surface area contributed by atoms with E-state index >= 15 is 0 Å². The third-order valence-corrected chi connectivity index (χ3v) is 3.78. The minimum Gasteiger partial charge on any atom is -0.370 e. The molecule has 2 aromatic rings. The molecule has 1 aromatic heterocycles. The predicted octanol–water partition coefficient (Wildman–Crippen LogP) is 3.98. The lowest BCUT2D eigenvalue weighted by Gasteiger charge is -2.20. The van der Waals surface area contributed by atoms with Crippen molar-refractivity contribution >= 4 is 21.6 Å². The molecule has 0 saturated carbocycles. The highest BCUT2D eigenvalue weighted by atomic mass is 79.9. The van der Waals surface area contributed by atoms with Gasteiger partial charge < -0.3 is 10.2 Å². The Kier molecular flexibility index (Phi) is 6.21. The van der Waals surface area contributed by atoms with Gasteiger partial charge in [0.2, 0.25) is 0 Å². The highest BCUT2D eigenvalue weighted by Crippen LogP contribution is 2.18. The summed E-state index contributed by atoms with van der Waals surface area (Å²) in [5, 5.41) is 3.39. The number of benzene rings is 1. The molecule has 0 spiro atoms. The van der Waals surface area contributed by atoms with Gasteiger partial charge in [0.05, 0.1) is 5.69 Å². The second-order valence-corrected chi connectivity index (χ2v) is 6.08. The molecule has 3 nitrogen and oxygen atoms in total. The molecular formula is C17H22BrN3. The van der Waals surface area contributed by atoms with E-state index in [2.05, 4.69) is 75.4 Å². The molecule has 2 rings (SSSR count). The largest absolute Gasteiger partial charge is 0.370 e. The van der Waals surface area contributed by atoms with E-state index in [0.717, 1.165) is 36.2 Å². The van der Waals surface area contributed by atoms with E-state index in [-0.39, 0.29) is 0 Å². The van der Waals surface area contributed by atoms with Gasteiger partial charge in [-0.3, -0.25) is 4.98 Å². The molecule has 4 heteroatoms. The first-order valence-electron chi connectivity index (χ1n) is 7.30. The first-order chi connectivity index (χ1) is 10.2. The molecule has 1 heterocycles. The van der Waals surface area contributed by atoms with E-state index in [4.69, 9.17) is 0 Å². The van der Waals surface area contributed by atoms with Gasteiger partial charge in [0, 0.05) is 36.5 Å². The Bertz CT molecular complexity index is 571. The number of rotatable bonds is 7. The summed E-state index contributed by atoms with van der Waals surface area (Å²) in [5.41, 5.74) is 3.56. The van der Waals surface area contributed by atoms with Gasteiger partial charge in [-0.15, -0.1) is 0 Å². The molecule has 0 bridgehead atoms. The smallest absolute Gasteiger partial charge is 0.0562 e. The summed E-state index contributed by atoms with van der Waals surface area (Å²) in [6.07, 6.45) is 3.03. The zero-order chi connectivity index (χ0) is 15.1. The second kappa shape index (κ2) is 8.15. The zero-order valence-electron chi connectivity index (χ0n) is 12.6. The third-order valence-electron chi connectivity index (χ3n) is 3.28. The van der Waals surface area contributed by atoms with Gasteiger partial charge >= 0.3 is 0 Å². The molecule has 0 aliphatic rings. The van der Waals surface area contributed by atoms with Gasteiger partial charge in [0.15, 0.2) is 0 Å². The van der Waals surface area contributed by atoms with Crippen LogP contribution in [-0.4, -0.2) is 18.6 Å². The SMILES string of the molecule is CCCNCc1cc(N(C)Cc2cccc(Br)c2)ccn1. The van der Waals surface area contributed by atoms with Crippen molar-refractivity contribution in [3.05, 3.63) is 58.3 Å². The summed E-state index contributed by atoms with van der Waals surface area (Å²) in [5.74, 6) is 0. The summed E-state index contributed by atoms with van der Waals surface area (Å²) in [6.45, 7) is 4.90. The fourth-order valence-electron chi connectivity index (χ4n) is 2.19. The van der Waals surface area contributed by atoms with Crippen molar-refractivity contribution < 1.29 is 0 Å². The average molecular weight is 348 g/mol. The number of anilines is 1. The summed E-state index contributed by atoms with van der Waals surface area (Å²) in [7, 11) is 2.11. The second-order valence-electron chi connectivity index (χ2n) is 5.17. The monoisotopic (exact) mass is 347 g/mol. The summed E-state index contributed by atoms with van der Waals surface area (Å²) < 4.78 is 1.12. The lowest BCUT2D eigenvalue weighted by atomic mass is 10.2. The van der Waals surface area contributed by atoms with Crippen LogP contribution in [0.3, 0.4) is 0 Å². The molecule has 0 saturated heterocycles. The molecule has 0 fully saturated rings. The van der Waals surface area contributed by atoms with Crippen LogP contribution < -0.4 is 10.2 Å². The molecule has 0 atom stereocenters. The van der Waals surface area contributed by atoms with E-state index in [1.54, 1.807) is 0 Å². The van der Waals surface area contributed by atoms with Crippen molar-refractivity contribution in [2.24, 2.45) is 0 Å². The first kappa shape index (κ1) is 16.0. The predicted molar refractivity (Wildman–Crippen MR) is 92.5 cm³/mol. The summed E-state index contributed by atoms with van der Waals surface area (Å²) in [4.78, 5) is 6.66. The van der Waals surface area contributed by atoms with Crippen LogP contribution in [0.25, 0.3) is 0 Å². The molecule has 0 aliphatic heterocycles. The lowest BCUT2D eigenvalue weighted by Crippen LogP contribution is -2.18. The van der Waals surface area contributed by atoms with E-state index in [1.165, 1.54) is 11.3 Å². The first-order valence-corrected chi connectivity index (χ1v) is 8.09. The number of aromatic nitrogens is 1. The molecule has 0 unspecified atom stereocenters. The van der Waals surface area contributed by atoms with Crippen molar-refractivity contribution in [1.29, 1.82) is 0 Å². The minimum absolute atomic E-state index is 0.826.